The largest absolute Gasteiger partial charge is 0.388 e. The first kappa shape index (κ1) is 13.8. The smallest absolute Gasteiger partial charge is 0.0819 e. The zero-order valence-electron chi connectivity index (χ0n) is 11.0. The van der Waals surface area contributed by atoms with Gasteiger partial charge in [0.05, 0.1) is 17.5 Å². The van der Waals surface area contributed by atoms with Gasteiger partial charge in [0.2, 0.25) is 0 Å². The maximum absolute atomic E-state index is 10.5. The lowest BCUT2D eigenvalue weighted by Gasteiger charge is -2.40. The van der Waals surface area contributed by atoms with E-state index in [-0.39, 0.29) is 0 Å². The number of pyridine rings is 1. The second-order valence-corrected chi connectivity index (χ2v) is 7.05. The molecule has 0 saturated heterocycles. The third kappa shape index (κ3) is 3.69. The number of rotatable bonds is 3. The van der Waals surface area contributed by atoms with Crippen LogP contribution in [-0.4, -0.2) is 22.2 Å². The van der Waals surface area contributed by atoms with Gasteiger partial charge in [-0.15, -0.1) is 0 Å². The monoisotopic (exact) mass is 312 g/mol. The first-order chi connectivity index (χ1) is 8.39. The second kappa shape index (κ2) is 5.17. The molecule has 1 heterocycles. The number of hydrogen-bond donors (Lipinski definition) is 2. The molecule has 2 rings (SSSR count). The van der Waals surface area contributed by atoms with E-state index in [1.165, 1.54) is 0 Å². The zero-order chi connectivity index (χ0) is 13.2. The summed E-state index contributed by atoms with van der Waals surface area (Å²) in [5.41, 5.74) is 0.754. The van der Waals surface area contributed by atoms with Crippen LogP contribution in [0.2, 0.25) is 0 Å². The second-order valence-electron chi connectivity index (χ2n) is 6.13. The Hall–Kier alpha value is -0.610. The highest BCUT2D eigenvalue weighted by molar-refractivity contribution is 9.10. The number of anilines is 1. The van der Waals surface area contributed by atoms with Crippen LogP contribution in [0.3, 0.4) is 0 Å². The third-order valence-electron chi connectivity index (χ3n) is 3.86. The molecule has 1 saturated carbocycles. The van der Waals surface area contributed by atoms with Crippen molar-refractivity contribution in [2.75, 3.05) is 11.9 Å². The molecular weight excluding hydrogens is 292 g/mol. The predicted molar refractivity (Wildman–Crippen MR) is 77.6 cm³/mol. The molecule has 4 heteroatoms. The van der Waals surface area contributed by atoms with E-state index in [1.807, 2.05) is 6.07 Å². The van der Waals surface area contributed by atoms with Gasteiger partial charge in [0.25, 0.3) is 0 Å². The molecule has 0 bridgehead atoms. The molecule has 0 radical (unpaired) electrons. The molecule has 1 aliphatic carbocycles. The van der Waals surface area contributed by atoms with Gasteiger partial charge in [-0.05, 0) is 53.1 Å². The van der Waals surface area contributed by atoms with Crippen molar-refractivity contribution in [3.63, 3.8) is 0 Å². The molecule has 0 aliphatic heterocycles. The summed E-state index contributed by atoms with van der Waals surface area (Å²) in [5, 5.41) is 13.8. The van der Waals surface area contributed by atoms with Gasteiger partial charge < -0.3 is 10.4 Å². The molecule has 1 aromatic heterocycles. The Morgan fingerprint density at radius 3 is 2.56 bits per heavy atom. The summed E-state index contributed by atoms with van der Waals surface area (Å²) in [4.78, 5) is 4.10. The van der Waals surface area contributed by atoms with E-state index in [9.17, 15) is 5.11 Å². The number of halogens is 1. The quantitative estimate of drug-likeness (QED) is 0.896. The predicted octanol–water partition coefficient (Wildman–Crippen LogP) is 3.59. The number of nitrogens with zero attached hydrogens (tertiary/aromatic N) is 1. The topological polar surface area (TPSA) is 45.1 Å². The van der Waals surface area contributed by atoms with Crippen molar-refractivity contribution < 1.29 is 5.11 Å². The van der Waals surface area contributed by atoms with Crippen LogP contribution in [0.4, 0.5) is 5.69 Å². The van der Waals surface area contributed by atoms with Crippen molar-refractivity contribution in [3.05, 3.63) is 22.9 Å². The molecule has 2 N–H and O–H groups in total. The maximum Gasteiger partial charge on any atom is 0.0819 e. The van der Waals surface area contributed by atoms with Gasteiger partial charge in [0.1, 0.15) is 0 Å². The van der Waals surface area contributed by atoms with E-state index in [0.29, 0.717) is 12.0 Å². The lowest BCUT2D eigenvalue weighted by Crippen LogP contribution is -2.42. The fourth-order valence-corrected chi connectivity index (χ4v) is 2.71. The molecule has 100 valence electrons. The van der Waals surface area contributed by atoms with Gasteiger partial charge in [-0.1, -0.05) is 13.8 Å². The number of aliphatic hydroxyl groups is 1. The van der Waals surface area contributed by atoms with Gasteiger partial charge in [0, 0.05) is 17.2 Å². The molecule has 0 atom stereocenters. The minimum atomic E-state index is -0.572. The molecule has 0 spiro atoms. The van der Waals surface area contributed by atoms with Crippen LogP contribution >= 0.6 is 15.9 Å². The highest BCUT2D eigenvalue weighted by atomic mass is 79.9. The lowest BCUT2D eigenvalue weighted by atomic mass is 9.71. The molecule has 1 fully saturated rings. The van der Waals surface area contributed by atoms with Gasteiger partial charge in [-0.25, -0.2) is 0 Å². The molecular formula is C14H21BrN2O. The van der Waals surface area contributed by atoms with Crippen molar-refractivity contribution in [1.82, 2.24) is 4.98 Å². The summed E-state index contributed by atoms with van der Waals surface area (Å²) >= 11 is 3.39. The third-order valence-corrected chi connectivity index (χ3v) is 4.29. The van der Waals surface area contributed by atoms with E-state index in [2.05, 4.69) is 40.1 Å². The molecule has 3 nitrogen and oxygen atoms in total. The van der Waals surface area contributed by atoms with E-state index in [0.717, 1.165) is 35.8 Å². The van der Waals surface area contributed by atoms with Crippen LogP contribution in [0.25, 0.3) is 0 Å². The van der Waals surface area contributed by atoms with Crippen LogP contribution in [-0.2, 0) is 0 Å². The lowest BCUT2D eigenvalue weighted by molar-refractivity contribution is -0.0145. The molecule has 1 aromatic rings. The van der Waals surface area contributed by atoms with E-state index >= 15 is 0 Å². The van der Waals surface area contributed by atoms with Crippen LogP contribution in [0.5, 0.6) is 0 Å². The molecule has 0 aromatic carbocycles. The van der Waals surface area contributed by atoms with Crippen LogP contribution in [0, 0.1) is 5.41 Å². The van der Waals surface area contributed by atoms with Crippen molar-refractivity contribution in [3.8, 4) is 0 Å². The number of aromatic nitrogens is 1. The Morgan fingerprint density at radius 2 is 1.94 bits per heavy atom. The first-order valence-corrected chi connectivity index (χ1v) is 7.25. The number of hydrogen-bond acceptors (Lipinski definition) is 3. The first-order valence-electron chi connectivity index (χ1n) is 6.46. The van der Waals surface area contributed by atoms with Crippen molar-refractivity contribution in [2.45, 2.75) is 45.1 Å². The molecule has 0 unspecified atom stereocenters. The van der Waals surface area contributed by atoms with Gasteiger partial charge in [-0.2, -0.15) is 0 Å². The highest BCUT2D eigenvalue weighted by Gasteiger charge is 2.36. The van der Waals surface area contributed by atoms with E-state index in [4.69, 9.17) is 0 Å². The maximum atomic E-state index is 10.5. The normalized spacial score (nSPS) is 21.6. The summed E-state index contributed by atoms with van der Waals surface area (Å²) in [6.45, 7) is 5.15. The number of nitrogens with one attached hydrogen (secondary N) is 1. The van der Waals surface area contributed by atoms with E-state index < -0.39 is 5.60 Å². The minimum absolute atomic E-state index is 0.379. The van der Waals surface area contributed by atoms with Crippen molar-refractivity contribution in [2.24, 2.45) is 5.41 Å². The SMILES string of the molecule is CC1(C)CCC(O)(CNc2cncc(Br)c2)CC1. The van der Waals surface area contributed by atoms with E-state index in [1.54, 1.807) is 12.4 Å². The Kier molecular flexibility index (Phi) is 3.97. The van der Waals surface area contributed by atoms with Crippen LogP contribution in [0.1, 0.15) is 39.5 Å². The Labute approximate surface area is 117 Å². The summed E-state index contributed by atoms with van der Waals surface area (Å²) in [7, 11) is 0. The average Bonchev–Trinajstić information content (AvgIpc) is 2.32. The van der Waals surface area contributed by atoms with Gasteiger partial charge in [-0.3, -0.25) is 4.98 Å². The van der Waals surface area contributed by atoms with Crippen molar-refractivity contribution >= 4 is 21.6 Å². The van der Waals surface area contributed by atoms with Crippen LogP contribution in [0.15, 0.2) is 22.9 Å². The van der Waals surface area contributed by atoms with Crippen LogP contribution < -0.4 is 5.32 Å². The molecule has 1 aliphatic rings. The minimum Gasteiger partial charge on any atom is -0.388 e. The summed E-state index contributed by atoms with van der Waals surface area (Å²) in [5.74, 6) is 0. The summed E-state index contributed by atoms with van der Waals surface area (Å²) in [6.07, 6.45) is 7.44. The Morgan fingerprint density at radius 1 is 1.28 bits per heavy atom. The fraction of sp³-hybridized carbons (Fsp3) is 0.643. The zero-order valence-corrected chi connectivity index (χ0v) is 12.6. The Balaban J connectivity index is 1.90. The standard InChI is InChI=1S/C14H21BrN2O/c1-13(2)3-5-14(18,6-4-13)10-17-12-7-11(15)8-16-9-12/h7-9,17-18H,3-6,10H2,1-2H3. The molecule has 18 heavy (non-hydrogen) atoms. The van der Waals surface area contributed by atoms with Crippen molar-refractivity contribution in [1.29, 1.82) is 0 Å². The van der Waals surface area contributed by atoms with Gasteiger partial charge in [0.15, 0.2) is 0 Å². The fourth-order valence-electron chi connectivity index (χ4n) is 2.34. The highest BCUT2D eigenvalue weighted by Crippen LogP contribution is 2.40. The summed E-state index contributed by atoms with van der Waals surface area (Å²) < 4.78 is 0.948. The molecule has 0 amide bonds. The Bertz CT molecular complexity index is 410. The average molecular weight is 313 g/mol. The van der Waals surface area contributed by atoms with Gasteiger partial charge >= 0.3 is 0 Å². The summed E-state index contributed by atoms with van der Waals surface area (Å²) in [6, 6.07) is 1.98.